The Bertz CT molecular complexity index is 688. The molecule has 0 aromatic heterocycles. The maximum Gasteiger partial charge on any atom is 0.115 e. The Kier molecular flexibility index (Phi) is 7.11. The maximum absolute atomic E-state index is 10.7. The fourth-order valence-corrected chi connectivity index (χ4v) is 5.74. The Balaban J connectivity index is 2.70. The van der Waals surface area contributed by atoms with E-state index in [9.17, 15) is 10.2 Å². The Morgan fingerprint density at radius 2 is 1.13 bits per heavy atom. The summed E-state index contributed by atoms with van der Waals surface area (Å²) in [6, 6.07) is 0. The molecule has 0 spiro atoms. The van der Waals surface area contributed by atoms with Crippen LogP contribution in [0.4, 0.5) is 0 Å². The van der Waals surface area contributed by atoms with Crippen molar-refractivity contribution in [2.45, 2.75) is 101 Å². The van der Waals surface area contributed by atoms with Gasteiger partial charge in [0.1, 0.15) is 11.5 Å². The maximum atomic E-state index is 10.7. The average Bonchev–Trinajstić information content (AvgIpc) is 2.66. The van der Waals surface area contributed by atoms with Crippen molar-refractivity contribution in [2.24, 2.45) is 27.6 Å². The van der Waals surface area contributed by atoms with E-state index in [-0.39, 0.29) is 21.7 Å². The summed E-state index contributed by atoms with van der Waals surface area (Å²) >= 11 is 0. The molecule has 2 atom stereocenters. The van der Waals surface area contributed by atoms with Gasteiger partial charge in [-0.2, -0.15) is 0 Å². The lowest BCUT2D eigenvalue weighted by Gasteiger charge is -2.52. The molecule has 30 heavy (non-hydrogen) atoms. The molecular formula is C28H46O2. The van der Waals surface area contributed by atoms with Crippen LogP contribution in [0.1, 0.15) is 101 Å². The van der Waals surface area contributed by atoms with Crippen LogP contribution in [-0.2, 0) is 0 Å². The third kappa shape index (κ3) is 4.58. The van der Waals surface area contributed by atoms with Gasteiger partial charge < -0.3 is 10.2 Å². The molecule has 0 saturated heterocycles. The van der Waals surface area contributed by atoms with Crippen molar-refractivity contribution in [3.05, 3.63) is 47.0 Å². The van der Waals surface area contributed by atoms with Gasteiger partial charge in [-0.15, -0.1) is 0 Å². The van der Waals surface area contributed by atoms with E-state index in [1.54, 1.807) is 0 Å². The van der Waals surface area contributed by atoms with Gasteiger partial charge in [0, 0.05) is 0 Å². The molecular weight excluding hydrogens is 368 g/mol. The van der Waals surface area contributed by atoms with Crippen LogP contribution in [0.25, 0.3) is 0 Å². The molecule has 2 heteroatoms. The van der Waals surface area contributed by atoms with Crippen molar-refractivity contribution in [3.63, 3.8) is 0 Å². The topological polar surface area (TPSA) is 40.5 Å². The molecule has 170 valence electrons. The number of aliphatic hydroxyl groups excluding tert-OH is 2. The molecule has 0 aromatic carbocycles. The van der Waals surface area contributed by atoms with Crippen LogP contribution in [0.2, 0.25) is 0 Å². The Hall–Kier alpha value is -1.44. The van der Waals surface area contributed by atoms with Crippen LogP contribution in [-0.4, -0.2) is 10.2 Å². The van der Waals surface area contributed by atoms with Gasteiger partial charge in [-0.1, -0.05) is 80.9 Å². The second-order valence-corrected chi connectivity index (χ2v) is 11.7. The standard InChI is InChI=1S/C28H46O2/c1-10-13-24(27(11-2)16-14-22(29)20(18-27)25(4,5)6)28(12-3)17-15-23(30)21(19-28)26(7,8)9/h14-15,18-19,24,29-30H,10-13,16-17H2,1-9H3. The monoisotopic (exact) mass is 414 g/mol. The number of aliphatic hydroxyl groups is 2. The summed E-state index contributed by atoms with van der Waals surface area (Å²) < 4.78 is 0. The fraction of sp³-hybridized carbons (Fsp3) is 0.714. The van der Waals surface area contributed by atoms with E-state index in [4.69, 9.17) is 0 Å². The van der Waals surface area contributed by atoms with Gasteiger partial charge in [0.25, 0.3) is 0 Å². The summed E-state index contributed by atoms with van der Waals surface area (Å²) in [5, 5.41) is 21.4. The van der Waals surface area contributed by atoms with E-state index in [1.165, 1.54) is 0 Å². The fourth-order valence-electron chi connectivity index (χ4n) is 5.74. The minimum Gasteiger partial charge on any atom is -0.508 e. The summed E-state index contributed by atoms with van der Waals surface area (Å²) in [6.45, 7) is 20.1. The summed E-state index contributed by atoms with van der Waals surface area (Å²) in [5.74, 6) is 1.37. The highest BCUT2D eigenvalue weighted by atomic mass is 16.3. The third-order valence-electron chi connectivity index (χ3n) is 7.66. The van der Waals surface area contributed by atoms with Crippen LogP contribution in [0, 0.1) is 27.6 Å². The van der Waals surface area contributed by atoms with E-state index < -0.39 is 0 Å². The van der Waals surface area contributed by atoms with Crippen LogP contribution >= 0.6 is 0 Å². The first kappa shape index (κ1) is 24.8. The zero-order chi connectivity index (χ0) is 23.0. The lowest BCUT2D eigenvalue weighted by Crippen LogP contribution is -2.43. The highest BCUT2D eigenvalue weighted by Gasteiger charge is 2.49. The molecule has 0 amide bonds. The Morgan fingerprint density at radius 1 is 0.767 bits per heavy atom. The molecule has 0 heterocycles. The molecule has 0 saturated carbocycles. The summed E-state index contributed by atoms with van der Waals surface area (Å²) in [4.78, 5) is 0. The van der Waals surface area contributed by atoms with E-state index in [0.717, 1.165) is 49.7 Å². The summed E-state index contributed by atoms with van der Waals surface area (Å²) in [7, 11) is 0. The predicted molar refractivity (Wildman–Crippen MR) is 130 cm³/mol. The van der Waals surface area contributed by atoms with Gasteiger partial charge in [-0.25, -0.2) is 0 Å². The second-order valence-electron chi connectivity index (χ2n) is 11.7. The van der Waals surface area contributed by atoms with E-state index in [2.05, 4.69) is 86.6 Å². The normalized spacial score (nSPS) is 29.0. The SMILES string of the molecule is CCCC(C1(CC)C=C(C(C)(C)C)C(O)=CC1)C1(CC)C=C(C(C)(C)C)C(O)=CC1. The molecule has 2 aliphatic carbocycles. The minimum atomic E-state index is -0.0886. The van der Waals surface area contributed by atoms with Gasteiger partial charge in [0.15, 0.2) is 0 Å². The van der Waals surface area contributed by atoms with Crippen LogP contribution in [0.15, 0.2) is 47.0 Å². The number of allylic oxidation sites excluding steroid dienone is 6. The molecule has 0 aromatic rings. The zero-order valence-corrected chi connectivity index (χ0v) is 21.0. The summed E-state index contributed by atoms with van der Waals surface area (Å²) in [6.07, 6.45) is 15.2. The van der Waals surface area contributed by atoms with Crippen molar-refractivity contribution in [2.75, 3.05) is 0 Å². The highest BCUT2D eigenvalue weighted by Crippen LogP contribution is 2.58. The molecule has 2 aliphatic rings. The number of rotatable bonds is 6. The summed E-state index contributed by atoms with van der Waals surface area (Å²) in [5.41, 5.74) is 2.01. The van der Waals surface area contributed by atoms with Crippen molar-refractivity contribution >= 4 is 0 Å². The second kappa shape index (κ2) is 8.60. The zero-order valence-electron chi connectivity index (χ0n) is 21.0. The van der Waals surface area contributed by atoms with Gasteiger partial charge in [-0.3, -0.25) is 0 Å². The minimum absolute atomic E-state index is 0.0150. The highest BCUT2D eigenvalue weighted by molar-refractivity contribution is 5.40. The quantitative estimate of drug-likeness (QED) is 0.455. The van der Waals surface area contributed by atoms with E-state index >= 15 is 0 Å². The molecule has 0 fully saturated rings. The lowest BCUT2D eigenvalue weighted by atomic mass is 9.52. The molecule has 2 N–H and O–H groups in total. The molecule has 2 rings (SSSR count). The first-order chi connectivity index (χ1) is 13.8. The van der Waals surface area contributed by atoms with Gasteiger partial charge in [0.05, 0.1) is 0 Å². The van der Waals surface area contributed by atoms with Crippen molar-refractivity contribution in [1.82, 2.24) is 0 Å². The van der Waals surface area contributed by atoms with Gasteiger partial charge >= 0.3 is 0 Å². The number of hydrogen-bond donors (Lipinski definition) is 2. The Morgan fingerprint density at radius 3 is 1.40 bits per heavy atom. The first-order valence-electron chi connectivity index (χ1n) is 12.0. The Labute approximate surface area is 185 Å². The largest absolute Gasteiger partial charge is 0.508 e. The van der Waals surface area contributed by atoms with E-state index in [0.29, 0.717) is 17.4 Å². The van der Waals surface area contributed by atoms with Gasteiger partial charge in [-0.05, 0) is 83.0 Å². The first-order valence-corrected chi connectivity index (χ1v) is 12.0. The molecule has 0 bridgehead atoms. The predicted octanol–water partition coefficient (Wildman–Crippen LogP) is 8.83. The molecule has 2 unspecified atom stereocenters. The van der Waals surface area contributed by atoms with Crippen molar-refractivity contribution in [1.29, 1.82) is 0 Å². The molecule has 2 nitrogen and oxygen atoms in total. The molecule has 0 radical (unpaired) electrons. The van der Waals surface area contributed by atoms with E-state index in [1.807, 2.05) is 0 Å². The van der Waals surface area contributed by atoms with Crippen LogP contribution in [0.5, 0.6) is 0 Å². The smallest absolute Gasteiger partial charge is 0.115 e. The van der Waals surface area contributed by atoms with Crippen molar-refractivity contribution < 1.29 is 10.2 Å². The van der Waals surface area contributed by atoms with Crippen LogP contribution in [0.3, 0.4) is 0 Å². The molecule has 0 aliphatic heterocycles. The third-order valence-corrected chi connectivity index (χ3v) is 7.66. The van der Waals surface area contributed by atoms with Gasteiger partial charge in [0.2, 0.25) is 0 Å². The van der Waals surface area contributed by atoms with Crippen molar-refractivity contribution in [3.8, 4) is 0 Å². The average molecular weight is 415 g/mol. The number of hydrogen-bond acceptors (Lipinski definition) is 2. The van der Waals surface area contributed by atoms with Crippen LogP contribution < -0.4 is 0 Å². The lowest BCUT2D eigenvalue weighted by molar-refractivity contribution is 0.0673.